The van der Waals surface area contributed by atoms with Gasteiger partial charge in [-0.05, 0) is 36.6 Å². The first-order chi connectivity index (χ1) is 7.56. The highest BCUT2D eigenvalue weighted by atomic mass is 79.9. The summed E-state index contributed by atoms with van der Waals surface area (Å²) in [6.45, 7) is 1.58. The van der Waals surface area contributed by atoms with E-state index < -0.39 is 5.41 Å². The Kier molecular flexibility index (Phi) is 4.89. The van der Waals surface area contributed by atoms with E-state index in [-0.39, 0.29) is 19.0 Å². The number of hydrogen-bond acceptors (Lipinski definition) is 2. The summed E-state index contributed by atoms with van der Waals surface area (Å²) < 4.78 is 14.3. The van der Waals surface area contributed by atoms with E-state index in [2.05, 4.69) is 15.9 Å². The molecule has 1 aromatic rings. The lowest BCUT2D eigenvalue weighted by Crippen LogP contribution is -2.32. The third-order valence-electron chi connectivity index (χ3n) is 2.99. The van der Waals surface area contributed by atoms with Gasteiger partial charge in [0.15, 0.2) is 0 Å². The van der Waals surface area contributed by atoms with Crippen molar-refractivity contribution < 1.29 is 14.6 Å². The average molecular weight is 291 g/mol. The van der Waals surface area contributed by atoms with Gasteiger partial charge in [-0.2, -0.15) is 0 Å². The van der Waals surface area contributed by atoms with Gasteiger partial charge in [0.05, 0.1) is 13.2 Å². The summed E-state index contributed by atoms with van der Waals surface area (Å²) in [7, 11) is 0. The molecular weight excluding hydrogens is 275 g/mol. The van der Waals surface area contributed by atoms with Gasteiger partial charge in [0.25, 0.3) is 0 Å². The highest BCUT2D eigenvalue weighted by molar-refractivity contribution is 9.10. The molecule has 0 heterocycles. The zero-order valence-electron chi connectivity index (χ0n) is 9.21. The Morgan fingerprint density at radius 2 is 1.94 bits per heavy atom. The largest absolute Gasteiger partial charge is 0.396 e. The molecule has 0 saturated carbocycles. The van der Waals surface area contributed by atoms with Crippen LogP contribution in [0.4, 0.5) is 4.39 Å². The lowest BCUT2D eigenvalue weighted by atomic mass is 9.80. The maximum atomic E-state index is 13.5. The Bertz CT molecular complexity index is 343. The molecular formula is C12H16BrFO2. The molecule has 0 atom stereocenters. The SMILES string of the molecule is CCC(CO)(CO)Cc1cc(Br)ccc1F. The first kappa shape index (κ1) is 13.6. The van der Waals surface area contributed by atoms with E-state index in [1.807, 2.05) is 6.92 Å². The fourth-order valence-electron chi connectivity index (χ4n) is 1.59. The van der Waals surface area contributed by atoms with Crippen LogP contribution in [0, 0.1) is 11.2 Å². The van der Waals surface area contributed by atoms with Crippen LogP contribution in [0.15, 0.2) is 22.7 Å². The highest BCUT2D eigenvalue weighted by Crippen LogP contribution is 2.28. The predicted octanol–water partition coefficient (Wildman–Crippen LogP) is 2.51. The van der Waals surface area contributed by atoms with Gasteiger partial charge in [-0.25, -0.2) is 4.39 Å². The molecule has 2 N–H and O–H groups in total. The van der Waals surface area contributed by atoms with Gasteiger partial charge in [-0.3, -0.25) is 0 Å². The molecule has 0 aromatic heterocycles. The summed E-state index contributed by atoms with van der Waals surface area (Å²) in [5, 5.41) is 18.6. The van der Waals surface area contributed by atoms with E-state index in [0.717, 1.165) is 4.47 Å². The minimum Gasteiger partial charge on any atom is -0.396 e. The summed E-state index contributed by atoms with van der Waals surface area (Å²) >= 11 is 3.28. The van der Waals surface area contributed by atoms with E-state index >= 15 is 0 Å². The number of rotatable bonds is 5. The Morgan fingerprint density at radius 3 is 2.44 bits per heavy atom. The quantitative estimate of drug-likeness (QED) is 0.875. The Hall–Kier alpha value is -0.450. The van der Waals surface area contributed by atoms with Gasteiger partial charge in [0, 0.05) is 9.89 Å². The van der Waals surface area contributed by atoms with Crippen molar-refractivity contribution in [3.05, 3.63) is 34.1 Å². The van der Waals surface area contributed by atoms with Crippen molar-refractivity contribution in [2.45, 2.75) is 19.8 Å². The molecule has 4 heteroatoms. The molecule has 1 aromatic carbocycles. The molecule has 1 rings (SSSR count). The first-order valence-corrected chi connectivity index (χ1v) is 6.02. The topological polar surface area (TPSA) is 40.5 Å². The maximum Gasteiger partial charge on any atom is 0.126 e. The maximum absolute atomic E-state index is 13.5. The minimum atomic E-state index is -0.637. The molecule has 16 heavy (non-hydrogen) atoms. The van der Waals surface area contributed by atoms with Gasteiger partial charge in [-0.15, -0.1) is 0 Å². The van der Waals surface area contributed by atoms with E-state index in [4.69, 9.17) is 0 Å². The summed E-state index contributed by atoms with van der Waals surface area (Å²) in [6.07, 6.45) is 0.938. The molecule has 0 aliphatic rings. The Labute approximate surface area is 103 Å². The van der Waals surface area contributed by atoms with Crippen LogP contribution < -0.4 is 0 Å². The van der Waals surface area contributed by atoms with Gasteiger partial charge in [0.2, 0.25) is 0 Å². The monoisotopic (exact) mass is 290 g/mol. The zero-order chi connectivity index (χ0) is 12.2. The summed E-state index contributed by atoms with van der Waals surface area (Å²) in [5.74, 6) is -0.303. The van der Waals surface area contributed by atoms with Crippen LogP contribution >= 0.6 is 15.9 Å². The van der Waals surface area contributed by atoms with Crippen molar-refractivity contribution in [1.29, 1.82) is 0 Å². The Morgan fingerprint density at radius 1 is 1.31 bits per heavy atom. The van der Waals surface area contributed by atoms with E-state index in [1.165, 1.54) is 6.07 Å². The van der Waals surface area contributed by atoms with Crippen molar-refractivity contribution in [2.75, 3.05) is 13.2 Å². The number of aliphatic hydroxyl groups excluding tert-OH is 2. The second-order valence-corrected chi connectivity index (χ2v) is 5.00. The van der Waals surface area contributed by atoms with Crippen molar-refractivity contribution in [2.24, 2.45) is 5.41 Å². The van der Waals surface area contributed by atoms with Gasteiger partial charge < -0.3 is 10.2 Å². The smallest absolute Gasteiger partial charge is 0.126 e. The second kappa shape index (κ2) is 5.75. The molecule has 0 unspecified atom stereocenters. The van der Waals surface area contributed by atoms with Crippen LogP contribution in [-0.4, -0.2) is 23.4 Å². The fourth-order valence-corrected chi connectivity index (χ4v) is 2.00. The average Bonchev–Trinajstić information content (AvgIpc) is 2.31. The van der Waals surface area contributed by atoms with Gasteiger partial charge in [-0.1, -0.05) is 22.9 Å². The summed E-state index contributed by atoms with van der Waals surface area (Å²) in [4.78, 5) is 0. The lowest BCUT2D eigenvalue weighted by Gasteiger charge is -2.28. The van der Waals surface area contributed by atoms with Crippen molar-refractivity contribution in [3.63, 3.8) is 0 Å². The van der Waals surface area contributed by atoms with E-state index in [0.29, 0.717) is 18.4 Å². The Balaban J connectivity index is 2.97. The molecule has 0 spiro atoms. The summed E-state index contributed by atoms with van der Waals surface area (Å²) in [6, 6.07) is 4.70. The van der Waals surface area contributed by atoms with Crippen LogP contribution in [0.5, 0.6) is 0 Å². The third kappa shape index (κ3) is 3.03. The predicted molar refractivity (Wildman–Crippen MR) is 64.7 cm³/mol. The van der Waals surface area contributed by atoms with Crippen molar-refractivity contribution in [1.82, 2.24) is 0 Å². The molecule has 2 nitrogen and oxygen atoms in total. The van der Waals surface area contributed by atoms with Crippen LogP contribution in [-0.2, 0) is 6.42 Å². The molecule has 0 aliphatic carbocycles. The van der Waals surface area contributed by atoms with Crippen molar-refractivity contribution in [3.8, 4) is 0 Å². The number of aliphatic hydroxyl groups is 2. The van der Waals surface area contributed by atoms with Crippen LogP contribution in [0.25, 0.3) is 0 Å². The van der Waals surface area contributed by atoms with Gasteiger partial charge >= 0.3 is 0 Å². The highest BCUT2D eigenvalue weighted by Gasteiger charge is 2.28. The normalized spacial score (nSPS) is 11.8. The third-order valence-corrected chi connectivity index (χ3v) is 3.49. The molecule has 0 fully saturated rings. The van der Waals surface area contributed by atoms with E-state index in [1.54, 1.807) is 12.1 Å². The molecule has 0 radical (unpaired) electrons. The first-order valence-electron chi connectivity index (χ1n) is 5.22. The van der Waals surface area contributed by atoms with Crippen LogP contribution in [0.1, 0.15) is 18.9 Å². The molecule has 0 amide bonds. The zero-order valence-corrected chi connectivity index (χ0v) is 10.8. The molecule has 0 aliphatic heterocycles. The van der Waals surface area contributed by atoms with Gasteiger partial charge in [0.1, 0.15) is 5.82 Å². The molecule has 0 bridgehead atoms. The number of hydrogen-bond donors (Lipinski definition) is 2. The molecule has 90 valence electrons. The van der Waals surface area contributed by atoms with Crippen molar-refractivity contribution >= 4 is 15.9 Å². The second-order valence-electron chi connectivity index (χ2n) is 4.08. The minimum absolute atomic E-state index is 0.147. The summed E-state index contributed by atoms with van der Waals surface area (Å²) in [5.41, 5.74) is -0.124. The van der Waals surface area contributed by atoms with E-state index in [9.17, 15) is 14.6 Å². The van der Waals surface area contributed by atoms with Crippen LogP contribution in [0.2, 0.25) is 0 Å². The number of halogens is 2. The fraction of sp³-hybridized carbons (Fsp3) is 0.500. The number of benzene rings is 1. The molecule has 0 saturated heterocycles. The van der Waals surface area contributed by atoms with Crippen LogP contribution in [0.3, 0.4) is 0 Å². The standard InChI is InChI=1S/C12H16BrFO2/c1-2-12(7-15,8-16)6-9-5-10(13)3-4-11(9)14/h3-5,15-16H,2,6-8H2,1H3. The lowest BCUT2D eigenvalue weighted by molar-refractivity contribution is 0.0507.